The van der Waals surface area contributed by atoms with Crippen molar-refractivity contribution in [2.45, 2.75) is 37.8 Å². The van der Waals surface area contributed by atoms with E-state index in [1.54, 1.807) is 7.11 Å². The van der Waals surface area contributed by atoms with Crippen LogP contribution in [0.1, 0.15) is 47.6 Å². The summed E-state index contributed by atoms with van der Waals surface area (Å²) in [5.74, 6) is 2.89. The van der Waals surface area contributed by atoms with E-state index < -0.39 is 0 Å². The highest BCUT2D eigenvalue weighted by Gasteiger charge is 2.28. The zero-order valence-electron chi connectivity index (χ0n) is 17.8. The number of hydrogen-bond acceptors (Lipinski definition) is 5. The summed E-state index contributed by atoms with van der Waals surface area (Å²) in [4.78, 5) is 20.7. The predicted molar refractivity (Wildman–Crippen MR) is 119 cm³/mol. The first-order valence-electron chi connectivity index (χ1n) is 10.8. The van der Waals surface area contributed by atoms with Gasteiger partial charge in [-0.15, -0.1) is 0 Å². The summed E-state index contributed by atoms with van der Waals surface area (Å²) in [6.45, 7) is 0.303. The molecule has 164 valence electrons. The number of aromatic nitrogens is 3. The number of aromatic amines is 1. The smallest absolute Gasteiger partial charge is 0.315 e. The number of para-hydroxylation sites is 2. The molecule has 5 rings (SSSR count). The largest absolute Gasteiger partial charge is 0.497 e. The van der Waals surface area contributed by atoms with E-state index in [1.807, 2.05) is 54.6 Å². The Labute approximate surface area is 185 Å². The number of urea groups is 1. The van der Waals surface area contributed by atoms with E-state index in [2.05, 4.69) is 20.8 Å². The highest BCUT2D eigenvalue weighted by molar-refractivity contribution is 5.76. The fraction of sp³-hybridized carbons (Fsp3) is 0.292. The molecule has 0 saturated heterocycles. The molecular formula is C24H25N5O3. The summed E-state index contributed by atoms with van der Waals surface area (Å²) in [6, 6.07) is 16.9. The van der Waals surface area contributed by atoms with Crippen molar-refractivity contribution in [2.24, 2.45) is 0 Å². The van der Waals surface area contributed by atoms with Crippen molar-refractivity contribution in [3.8, 4) is 5.75 Å². The van der Waals surface area contributed by atoms with Gasteiger partial charge in [0.2, 0.25) is 0 Å². The molecule has 1 aliphatic rings. The van der Waals surface area contributed by atoms with Crippen LogP contribution in [0.5, 0.6) is 5.75 Å². The number of ether oxygens (including phenoxy) is 1. The van der Waals surface area contributed by atoms with E-state index >= 15 is 0 Å². The second-order valence-corrected chi connectivity index (χ2v) is 8.07. The third-order valence-electron chi connectivity index (χ3n) is 5.63. The maximum Gasteiger partial charge on any atom is 0.315 e. The number of carbonyl (C=O) groups excluding carboxylic acids is 1. The molecule has 1 saturated carbocycles. The molecule has 1 unspecified atom stereocenters. The molecule has 0 bridgehead atoms. The SMILES string of the molecule is COc1ccc(CC(NC(=O)NCc2cc(C3CC3)on2)c2nc3ccccc3[nH]2)cc1. The summed E-state index contributed by atoms with van der Waals surface area (Å²) in [5, 5.41) is 9.98. The Morgan fingerprint density at radius 3 is 2.78 bits per heavy atom. The van der Waals surface area contributed by atoms with Gasteiger partial charge in [0.25, 0.3) is 0 Å². The Kier molecular flexibility index (Phi) is 5.49. The number of amides is 2. The van der Waals surface area contributed by atoms with Crippen LogP contribution < -0.4 is 15.4 Å². The van der Waals surface area contributed by atoms with E-state index in [0.29, 0.717) is 24.7 Å². The first-order valence-corrected chi connectivity index (χ1v) is 10.8. The van der Waals surface area contributed by atoms with Gasteiger partial charge in [0, 0.05) is 12.0 Å². The summed E-state index contributed by atoms with van der Waals surface area (Å²) in [5.41, 5.74) is 3.57. The van der Waals surface area contributed by atoms with Gasteiger partial charge in [-0.2, -0.15) is 0 Å². The molecule has 0 radical (unpaired) electrons. The van der Waals surface area contributed by atoms with Crippen LogP contribution in [-0.2, 0) is 13.0 Å². The minimum absolute atomic E-state index is 0.292. The lowest BCUT2D eigenvalue weighted by atomic mass is 10.1. The van der Waals surface area contributed by atoms with Crippen molar-refractivity contribution in [3.63, 3.8) is 0 Å². The maximum absolute atomic E-state index is 12.7. The fourth-order valence-electron chi connectivity index (χ4n) is 3.70. The number of benzene rings is 2. The summed E-state index contributed by atoms with van der Waals surface area (Å²) in [6.07, 6.45) is 2.87. The van der Waals surface area contributed by atoms with Gasteiger partial charge < -0.3 is 24.9 Å². The molecule has 1 aliphatic carbocycles. The number of carbonyl (C=O) groups is 1. The Morgan fingerprint density at radius 2 is 2.03 bits per heavy atom. The molecule has 1 atom stereocenters. The minimum Gasteiger partial charge on any atom is -0.497 e. The molecule has 2 amide bonds. The Morgan fingerprint density at radius 1 is 1.22 bits per heavy atom. The van der Waals surface area contributed by atoms with Crippen LogP contribution in [0.15, 0.2) is 59.1 Å². The lowest BCUT2D eigenvalue weighted by molar-refractivity contribution is 0.235. The average Bonchev–Trinajstić information content (AvgIpc) is 3.40. The molecule has 2 aromatic heterocycles. The van der Waals surface area contributed by atoms with E-state index in [-0.39, 0.29) is 12.1 Å². The number of imidazole rings is 1. The number of H-pyrrole nitrogens is 1. The number of rotatable bonds is 8. The normalized spacial score (nSPS) is 14.3. The first-order chi connectivity index (χ1) is 15.7. The molecule has 2 heterocycles. The zero-order valence-corrected chi connectivity index (χ0v) is 17.8. The van der Waals surface area contributed by atoms with Crippen LogP contribution in [0.2, 0.25) is 0 Å². The summed E-state index contributed by atoms with van der Waals surface area (Å²) >= 11 is 0. The molecule has 2 aromatic carbocycles. The minimum atomic E-state index is -0.338. The Hall–Kier alpha value is -3.81. The standard InChI is InChI=1S/C24H25N5O3/c1-31-18-10-6-15(7-11-18)12-21(23-26-19-4-2-3-5-20(19)27-23)28-24(30)25-14-17-13-22(32-29-17)16-8-9-16/h2-7,10-11,13,16,21H,8-9,12,14H2,1H3,(H,26,27)(H2,25,28,30). The van der Waals surface area contributed by atoms with Crippen molar-refractivity contribution in [2.75, 3.05) is 7.11 Å². The van der Waals surface area contributed by atoms with E-state index in [1.165, 1.54) is 0 Å². The van der Waals surface area contributed by atoms with Crippen molar-refractivity contribution in [1.29, 1.82) is 0 Å². The number of nitrogens with one attached hydrogen (secondary N) is 3. The Balaban J connectivity index is 1.30. The van der Waals surface area contributed by atoms with Gasteiger partial charge in [0.05, 0.1) is 30.7 Å². The molecular weight excluding hydrogens is 406 g/mol. The van der Waals surface area contributed by atoms with Crippen LogP contribution in [0.4, 0.5) is 4.79 Å². The van der Waals surface area contributed by atoms with Crippen LogP contribution in [0, 0.1) is 0 Å². The molecule has 32 heavy (non-hydrogen) atoms. The topological polar surface area (TPSA) is 105 Å². The maximum atomic E-state index is 12.7. The average molecular weight is 431 g/mol. The third-order valence-corrected chi connectivity index (χ3v) is 5.63. The molecule has 0 spiro atoms. The van der Waals surface area contributed by atoms with Gasteiger partial charge in [-0.1, -0.05) is 29.4 Å². The van der Waals surface area contributed by atoms with Gasteiger partial charge in [-0.25, -0.2) is 9.78 Å². The van der Waals surface area contributed by atoms with Gasteiger partial charge in [0.1, 0.15) is 23.0 Å². The van der Waals surface area contributed by atoms with Gasteiger partial charge in [0.15, 0.2) is 0 Å². The van der Waals surface area contributed by atoms with Crippen molar-refractivity contribution in [3.05, 3.63) is 77.4 Å². The van der Waals surface area contributed by atoms with E-state index in [4.69, 9.17) is 14.2 Å². The van der Waals surface area contributed by atoms with Gasteiger partial charge in [-0.3, -0.25) is 0 Å². The number of methoxy groups -OCH3 is 1. The van der Waals surface area contributed by atoms with Crippen molar-refractivity contribution >= 4 is 17.1 Å². The monoisotopic (exact) mass is 431 g/mol. The molecule has 4 aromatic rings. The van der Waals surface area contributed by atoms with Crippen LogP contribution in [0.3, 0.4) is 0 Å². The molecule has 0 aliphatic heterocycles. The highest BCUT2D eigenvalue weighted by atomic mass is 16.5. The second-order valence-electron chi connectivity index (χ2n) is 8.07. The van der Waals surface area contributed by atoms with Crippen molar-refractivity contribution < 1.29 is 14.1 Å². The zero-order chi connectivity index (χ0) is 21.9. The highest BCUT2D eigenvalue weighted by Crippen LogP contribution is 2.40. The predicted octanol–water partition coefficient (Wildman–Crippen LogP) is 4.22. The second kappa shape index (κ2) is 8.74. The van der Waals surface area contributed by atoms with Crippen LogP contribution in [-0.4, -0.2) is 28.3 Å². The van der Waals surface area contributed by atoms with E-state index in [0.717, 1.165) is 46.6 Å². The number of fused-ring (bicyclic) bond motifs is 1. The Bertz CT molecular complexity index is 1180. The third kappa shape index (κ3) is 4.59. The van der Waals surface area contributed by atoms with E-state index in [9.17, 15) is 4.79 Å². The lowest BCUT2D eigenvalue weighted by Crippen LogP contribution is -2.38. The molecule has 8 heteroatoms. The van der Waals surface area contributed by atoms with Crippen LogP contribution >= 0.6 is 0 Å². The lowest BCUT2D eigenvalue weighted by Gasteiger charge is -2.17. The molecule has 3 N–H and O–H groups in total. The fourth-order valence-corrected chi connectivity index (χ4v) is 3.70. The molecule has 8 nitrogen and oxygen atoms in total. The summed E-state index contributed by atoms with van der Waals surface area (Å²) < 4.78 is 10.6. The first kappa shape index (κ1) is 20.1. The number of nitrogens with zero attached hydrogens (tertiary/aromatic N) is 2. The number of hydrogen-bond donors (Lipinski definition) is 3. The van der Waals surface area contributed by atoms with Gasteiger partial charge in [-0.05, 0) is 49.1 Å². The molecule has 1 fully saturated rings. The quantitative estimate of drug-likeness (QED) is 0.387. The summed E-state index contributed by atoms with van der Waals surface area (Å²) in [7, 11) is 1.64. The van der Waals surface area contributed by atoms with Gasteiger partial charge >= 0.3 is 6.03 Å². The van der Waals surface area contributed by atoms with Crippen LogP contribution in [0.25, 0.3) is 11.0 Å². The van der Waals surface area contributed by atoms with Crippen molar-refractivity contribution in [1.82, 2.24) is 25.8 Å².